The van der Waals surface area contributed by atoms with Crippen molar-refractivity contribution in [3.8, 4) is 0 Å². The minimum atomic E-state index is -0.431. The predicted molar refractivity (Wildman–Crippen MR) is 91.8 cm³/mol. The molecule has 1 fully saturated rings. The fourth-order valence-electron chi connectivity index (χ4n) is 2.69. The van der Waals surface area contributed by atoms with Crippen LogP contribution in [0, 0.1) is 0 Å². The van der Waals surface area contributed by atoms with Crippen LogP contribution in [0.3, 0.4) is 0 Å². The van der Waals surface area contributed by atoms with E-state index in [-0.39, 0.29) is 17.9 Å². The molecule has 0 spiro atoms. The quantitative estimate of drug-likeness (QED) is 0.551. The van der Waals surface area contributed by atoms with Crippen LogP contribution in [0.4, 0.5) is 0 Å². The summed E-state index contributed by atoms with van der Waals surface area (Å²) in [5.74, 6) is -0.151. The molecule has 25 heavy (non-hydrogen) atoms. The van der Waals surface area contributed by atoms with E-state index in [1.807, 2.05) is 6.92 Å². The number of aromatic nitrogens is 3. The van der Waals surface area contributed by atoms with Crippen molar-refractivity contribution < 1.29 is 14.3 Å². The smallest absolute Gasteiger partial charge is 0.250 e. The third-order valence-corrected chi connectivity index (χ3v) is 4.18. The van der Waals surface area contributed by atoms with E-state index in [2.05, 4.69) is 37.9 Å². The second-order valence-electron chi connectivity index (χ2n) is 6.28. The van der Waals surface area contributed by atoms with Gasteiger partial charge in [-0.05, 0) is 26.3 Å². The van der Waals surface area contributed by atoms with E-state index in [0.29, 0.717) is 39.0 Å². The van der Waals surface area contributed by atoms with Crippen molar-refractivity contribution in [3.05, 3.63) is 11.9 Å². The van der Waals surface area contributed by atoms with Crippen molar-refractivity contribution >= 4 is 11.8 Å². The second kappa shape index (κ2) is 10.1. The van der Waals surface area contributed by atoms with Crippen molar-refractivity contribution in [1.29, 1.82) is 0 Å². The molecule has 9 heteroatoms. The molecule has 1 aromatic heterocycles. The molecular formula is C16H28N6O3. The van der Waals surface area contributed by atoms with E-state index in [0.717, 1.165) is 18.8 Å². The first-order chi connectivity index (χ1) is 12.1. The number of nitrogens with one attached hydrogen (secondary N) is 3. The number of rotatable bonds is 9. The number of morpholine rings is 1. The summed E-state index contributed by atoms with van der Waals surface area (Å²) < 4.78 is 5.52. The number of likely N-dealkylation sites (N-methyl/N-ethyl adjacent to an activating group) is 1. The highest BCUT2D eigenvalue weighted by atomic mass is 16.5. The van der Waals surface area contributed by atoms with Crippen LogP contribution in [-0.4, -0.2) is 77.1 Å². The number of H-pyrrole nitrogens is 1. The number of carbonyl (C=O) groups is 2. The highest BCUT2D eigenvalue weighted by Crippen LogP contribution is 2.05. The summed E-state index contributed by atoms with van der Waals surface area (Å²) in [7, 11) is 0. The number of ether oxygens (including phenoxy) is 1. The average Bonchev–Trinajstić information content (AvgIpc) is 3.13. The zero-order chi connectivity index (χ0) is 18.1. The van der Waals surface area contributed by atoms with Gasteiger partial charge in [0.15, 0.2) is 0 Å². The average molecular weight is 352 g/mol. The van der Waals surface area contributed by atoms with Gasteiger partial charge in [0, 0.05) is 32.1 Å². The predicted octanol–water partition coefficient (Wildman–Crippen LogP) is -0.531. The standard InChI is InChI=1S/C16H28N6O3/c1-3-22-7-8-25-14(11-22)16(24)17-9-12(2)19-15(23)6-4-5-13-10-18-21-20-13/h10,12,14H,3-9,11H2,1-2H3,(H,17,24)(H,19,23)(H,18,20,21). The Balaban J connectivity index is 1.60. The molecule has 2 heterocycles. The molecule has 140 valence electrons. The Bertz CT molecular complexity index is 536. The zero-order valence-corrected chi connectivity index (χ0v) is 15.0. The van der Waals surface area contributed by atoms with Crippen molar-refractivity contribution in [1.82, 2.24) is 30.9 Å². The van der Waals surface area contributed by atoms with Crippen LogP contribution >= 0.6 is 0 Å². The normalized spacial score (nSPS) is 19.4. The molecule has 0 aliphatic carbocycles. The maximum Gasteiger partial charge on any atom is 0.250 e. The Hall–Kier alpha value is -2.00. The van der Waals surface area contributed by atoms with Crippen LogP contribution in [0.25, 0.3) is 0 Å². The second-order valence-corrected chi connectivity index (χ2v) is 6.28. The van der Waals surface area contributed by atoms with Gasteiger partial charge in [-0.25, -0.2) is 0 Å². The van der Waals surface area contributed by atoms with Crippen LogP contribution in [0.15, 0.2) is 6.20 Å². The first-order valence-electron chi connectivity index (χ1n) is 8.84. The topological polar surface area (TPSA) is 112 Å². The van der Waals surface area contributed by atoms with E-state index < -0.39 is 6.10 Å². The van der Waals surface area contributed by atoms with Gasteiger partial charge in [-0.2, -0.15) is 15.4 Å². The van der Waals surface area contributed by atoms with E-state index in [9.17, 15) is 9.59 Å². The van der Waals surface area contributed by atoms with Crippen LogP contribution in [0.1, 0.15) is 32.4 Å². The number of nitrogens with zero attached hydrogens (tertiary/aromatic N) is 3. The molecule has 1 aliphatic heterocycles. The molecule has 1 aliphatic rings. The fourth-order valence-corrected chi connectivity index (χ4v) is 2.69. The lowest BCUT2D eigenvalue weighted by Gasteiger charge is -2.31. The number of hydrogen-bond acceptors (Lipinski definition) is 6. The van der Waals surface area contributed by atoms with Gasteiger partial charge in [-0.1, -0.05) is 6.92 Å². The number of carbonyl (C=O) groups excluding carboxylic acids is 2. The van der Waals surface area contributed by atoms with Crippen LogP contribution in [-0.2, 0) is 20.7 Å². The molecule has 3 N–H and O–H groups in total. The highest BCUT2D eigenvalue weighted by molar-refractivity contribution is 5.81. The fraction of sp³-hybridized carbons (Fsp3) is 0.750. The van der Waals surface area contributed by atoms with E-state index in [1.54, 1.807) is 6.20 Å². The largest absolute Gasteiger partial charge is 0.366 e. The zero-order valence-electron chi connectivity index (χ0n) is 15.0. The van der Waals surface area contributed by atoms with Crippen LogP contribution in [0.5, 0.6) is 0 Å². The van der Waals surface area contributed by atoms with Gasteiger partial charge in [0.05, 0.1) is 18.5 Å². The number of amides is 2. The van der Waals surface area contributed by atoms with Crippen molar-refractivity contribution in [2.75, 3.05) is 32.8 Å². The maximum atomic E-state index is 12.2. The molecular weight excluding hydrogens is 324 g/mol. The Morgan fingerprint density at radius 1 is 1.52 bits per heavy atom. The van der Waals surface area contributed by atoms with E-state index in [4.69, 9.17) is 4.74 Å². The third kappa shape index (κ3) is 6.79. The maximum absolute atomic E-state index is 12.2. The minimum Gasteiger partial charge on any atom is -0.366 e. The Kier molecular flexibility index (Phi) is 7.80. The van der Waals surface area contributed by atoms with E-state index in [1.165, 1.54) is 0 Å². The van der Waals surface area contributed by atoms with Gasteiger partial charge in [-0.3, -0.25) is 14.5 Å². The summed E-state index contributed by atoms with van der Waals surface area (Å²) in [6.07, 6.45) is 3.06. The van der Waals surface area contributed by atoms with Crippen molar-refractivity contribution in [2.45, 2.75) is 45.3 Å². The first-order valence-corrected chi connectivity index (χ1v) is 8.84. The van der Waals surface area contributed by atoms with Crippen LogP contribution < -0.4 is 10.6 Å². The highest BCUT2D eigenvalue weighted by Gasteiger charge is 2.25. The summed E-state index contributed by atoms with van der Waals surface area (Å²) in [5.41, 5.74) is 0.849. The lowest BCUT2D eigenvalue weighted by atomic mass is 10.2. The molecule has 9 nitrogen and oxygen atoms in total. The van der Waals surface area contributed by atoms with Gasteiger partial charge >= 0.3 is 0 Å². The summed E-state index contributed by atoms with van der Waals surface area (Å²) >= 11 is 0. The molecule has 0 aromatic carbocycles. The molecule has 2 amide bonds. The Morgan fingerprint density at radius 3 is 3.08 bits per heavy atom. The first kappa shape index (κ1) is 19.3. The van der Waals surface area contributed by atoms with Crippen molar-refractivity contribution in [3.63, 3.8) is 0 Å². The van der Waals surface area contributed by atoms with Gasteiger partial charge < -0.3 is 15.4 Å². The summed E-state index contributed by atoms with van der Waals surface area (Å²) in [5, 5.41) is 16.0. The number of aromatic amines is 1. The van der Waals surface area contributed by atoms with Gasteiger partial charge in [0.1, 0.15) is 6.10 Å². The van der Waals surface area contributed by atoms with Gasteiger partial charge in [0.25, 0.3) is 5.91 Å². The summed E-state index contributed by atoms with van der Waals surface area (Å²) in [6.45, 7) is 7.29. The molecule has 2 rings (SSSR count). The summed E-state index contributed by atoms with van der Waals surface area (Å²) in [6, 6.07) is -0.130. The third-order valence-electron chi connectivity index (χ3n) is 4.18. The molecule has 0 saturated carbocycles. The number of hydrogen-bond donors (Lipinski definition) is 3. The van der Waals surface area contributed by atoms with Crippen molar-refractivity contribution in [2.24, 2.45) is 0 Å². The lowest BCUT2D eigenvalue weighted by Crippen LogP contribution is -2.51. The Morgan fingerprint density at radius 2 is 2.36 bits per heavy atom. The Labute approximate surface area is 147 Å². The summed E-state index contributed by atoms with van der Waals surface area (Å²) in [4.78, 5) is 26.3. The van der Waals surface area contributed by atoms with E-state index >= 15 is 0 Å². The SMILES string of the molecule is CCN1CCOC(C(=O)NCC(C)NC(=O)CCCc2cn[nH]n2)C1. The molecule has 0 radical (unpaired) electrons. The molecule has 1 aromatic rings. The minimum absolute atomic E-state index is 0.0312. The lowest BCUT2D eigenvalue weighted by molar-refractivity contribution is -0.138. The molecule has 0 bridgehead atoms. The molecule has 2 atom stereocenters. The monoisotopic (exact) mass is 352 g/mol. The van der Waals surface area contributed by atoms with Gasteiger partial charge in [0.2, 0.25) is 5.91 Å². The van der Waals surface area contributed by atoms with Gasteiger partial charge in [-0.15, -0.1) is 0 Å². The molecule has 2 unspecified atom stereocenters. The van der Waals surface area contributed by atoms with Crippen LogP contribution in [0.2, 0.25) is 0 Å². The number of aryl methyl sites for hydroxylation is 1. The molecule has 1 saturated heterocycles.